The quantitative estimate of drug-likeness (QED) is 0.756. The van der Waals surface area contributed by atoms with Gasteiger partial charge in [-0.1, -0.05) is 36.0 Å². The highest BCUT2D eigenvalue weighted by atomic mass is 35.5. The Balaban J connectivity index is 2.26. The number of halogens is 1. The van der Waals surface area contributed by atoms with Gasteiger partial charge in [0.15, 0.2) is 5.13 Å². The highest BCUT2D eigenvalue weighted by molar-refractivity contribution is 7.80. The standard InChI is InChI=1S/C12H9ClN4S2/c13-9-6-19-12(16-9)17-8-4-2-1-3-7(8)15-11(17)5-10(14)18/h1-4,6H,5H2,(H2,14,18). The van der Waals surface area contributed by atoms with Crippen LogP contribution in [0.3, 0.4) is 0 Å². The van der Waals surface area contributed by atoms with Crippen molar-refractivity contribution in [2.75, 3.05) is 0 Å². The Hall–Kier alpha value is -1.50. The number of para-hydroxylation sites is 2. The molecule has 0 fully saturated rings. The Morgan fingerprint density at radius 1 is 1.37 bits per heavy atom. The van der Waals surface area contributed by atoms with Crippen LogP contribution >= 0.6 is 35.2 Å². The minimum atomic E-state index is 0.402. The van der Waals surface area contributed by atoms with Crippen molar-refractivity contribution >= 4 is 51.2 Å². The first kappa shape index (κ1) is 12.5. The van der Waals surface area contributed by atoms with E-state index < -0.39 is 0 Å². The van der Waals surface area contributed by atoms with E-state index in [-0.39, 0.29) is 0 Å². The summed E-state index contributed by atoms with van der Waals surface area (Å²) in [6.45, 7) is 0. The molecule has 0 radical (unpaired) electrons. The molecule has 3 rings (SSSR count). The predicted octanol–water partition coefficient (Wildman–Crippen LogP) is 2.96. The van der Waals surface area contributed by atoms with Crippen LogP contribution in [0.1, 0.15) is 5.82 Å². The molecule has 3 aromatic rings. The van der Waals surface area contributed by atoms with Gasteiger partial charge in [-0.25, -0.2) is 9.97 Å². The number of fused-ring (bicyclic) bond motifs is 1. The smallest absolute Gasteiger partial charge is 0.196 e. The molecule has 0 aliphatic heterocycles. The molecule has 0 amide bonds. The summed E-state index contributed by atoms with van der Waals surface area (Å²) in [6, 6.07) is 7.84. The summed E-state index contributed by atoms with van der Waals surface area (Å²) in [4.78, 5) is 9.25. The van der Waals surface area contributed by atoms with Gasteiger partial charge >= 0.3 is 0 Å². The molecule has 7 heteroatoms. The molecule has 2 N–H and O–H groups in total. The Kier molecular flexibility index (Phi) is 3.22. The second-order valence-corrected chi connectivity index (χ2v) is 5.70. The first-order valence-corrected chi connectivity index (χ1v) is 7.18. The van der Waals surface area contributed by atoms with Gasteiger partial charge in [0.2, 0.25) is 0 Å². The molecule has 0 aliphatic rings. The van der Waals surface area contributed by atoms with Crippen molar-refractivity contribution in [1.82, 2.24) is 14.5 Å². The van der Waals surface area contributed by atoms with Gasteiger partial charge in [-0.3, -0.25) is 4.57 Å². The lowest BCUT2D eigenvalue weighted by molar-refractivity contribution is 0.955. The van der Waals surface area contributed by atoms with Crippen molar-refractivity contribution in [2.24, 2.45) is 5.73 Å². The van der Waals surface area contributed by atoms with E-state index in [0.717, 1.165) is 22.0 Å². The zero-order chi connectivity index (χ0) is 13.4. The summed E-state index contributed by atoms with van der Waals surface area (Å²) < 4.78 is 1.95. The van der Waals surface area contributed by atoms with Crippen molar-refractivity contribution in [3.63, 3.8) is 0 Å². The lowest BCUT2D eigenvalue weighted by Crippen LogP contribution is -2.14. The number of hydrogen-bond acceptors (Lipinski definition) is 4. The molecule has 2 aromatic heterocycles. The summed E-state index contributed by atoms with van der Waals surface area (Å²) in [5.41, 5.74) is 7.49. The number of nitrogens with two attached hydrogens (primary N) is 1. The van der Waals surface area contributed by atoms with Crippen molar-refractivity contribution in [3.05, 3.63) is 40.6 Å². The van der Waals surface area contributed by atoms with E-state index in [1.165, 1.54) is 11.3 Å². The Labute approximate surface area is 123 Å². The number of aromatic nitrogens is 3. The highest BCUT2D eigenvalue weighted by Crippen LogP contribution is 2.25. The lowest BCUT2D eigenvalue weighted by atomic mass is 10.3. The summed E-state index contributed by atoms with van der Waals surface area (Å²) in [7, 11) is 0. The van der Waals surface area contributed by atoms with Crippen LogP contribution in [0.5, 0.6) is 0 Å². The second-order valence-electron chi connectivity index (χ2n) is 3.95. The van der Waals surface area contributed by atoms with Crippen molar-refractivity contribution < 1.29 is 0 Å². The van der Waals surface area contributed by atoms with Crippen LogP contribution in [0.4, 0.5) is 0 Å². The van der Waals surface area contributed by atoms with Crippen LogP contribution in [0.15, 0.2) is 29.6 Å². The van der Waals surface area contributed by atoms with Crippen molar-refractivity contribution in [2.45, 2.75) is 6.42 Å². The monoisotopic (exact) mass is 308 g/mol. The first-order chi connectivity index (χ1) is 9.15. The highest BCUT2D eigenvalue weighted by Gasteiger charge is 2.15. The Morgan fingerprint density at radius 2 is 2.16 bits per heavy atom. The summed E-state index contributed by atoms with van der Waals surface area (Å²) >= 11 is 12.3. The fourth-order valence-corrected chi connectivity index (χ4v) is 3.02. The van der Waals surface area contributed by atoms with E-state index in [4.69, 9.17) is 29.6 Å². The maximum absolute atomic E-state index is 5.90. The Morgan fingerprint density at radius 3 is 2.84 bits per heavy atom. The third kappa shape index (κ3) is 2.34. The molecule has 19 heavy (non-hydrogen) atoms. The van der Waals surface area contributed by atoms with Gasteiger partial charge in [0.05, 0.1) is 22.4 Å². The molecule has 1 aromatic carbocycles. The second kappa shape index (κ2) is 4.88. The molecular weight excluding hydrogens is 300 g/mol. The van der Waals surface area contributed by atoms with Crippen molar-refractivity contribution in [1.29, 1.82) is 0 Å². The van der Waals surface area contributed by atoms with Gasteiger partial charge in [0.1, 0.15) is 11.0 Å². The molecule has 0 unspecified atom stereocenters. The molecule has 0 aliphatic carbocycles. The number of thiocarbonyl (C=S) groups is 1. The van der Waals surface area contributed by atoms with E-state index >= 15 is 0 Å². The Bertz CT molecular complexity index is 762. The molecule has 0 spiro atoms. The number of nitrogens with zero attached hydrogens (tertiary/aromatic N) is 3. The predicted molar refractivity (Wildman–Crippen MR) is 82.2 cm³/mol. The van der Waals surface area contributed by atoms with E-state index in [1.807, 2.05) is 28.8 Å². The van der Waals surface area contributed by atoms with Gasteiger partial charge in [0.25, 0.3) is 0 Å². The first-order valence-electron chi connectivity index (χ1n) is 5.51. The summed E-state index contributed by atoms with van der Waals surface area (Å²) in [5, 5.41) is 3.03. The van der Waals surface area contributed by atoms with Crippen LogP contribution < -0.4 is 5.73 Å². The largest absolute Gasteiger partial charge is 0.393 e. The minimum Gasteiger partial charge on any atom is -0.393 e. The number of hydrogen-bond donors (Lipinski definition) is 1. The molecule has 0 saturated heterocycles. The topological polar surface area (TPSA) is 56.7 Å². The fraction of sp³-hybridized carbons (Fsp3) is 0.0833. The SMILES string of the molecule is NC(=S)Cc1nc2ccccc2n1-c1nc(Cl)cs1. The summed E-state index contributed by atoms with van der Waals surface area (Å²) in [6.07, 6.45) is 0.432. The average molecular weight is 309 g/mol. The van der Waals surface area contributed by atoms with Crippen LogP contribution in [-0.2, 0) is 6.42 Å². The van der Waals surface area contributed by atoms with E-state index in [0.29, 0.717) is 16.6 Å². The van der Waals surface area contributed by atoms with Crippen LogP contribution in [0.25, 0.3) is 16.2 Å². The maximum atomic E-state index is 5.90. The molecule has 2 heterocycles. The molecule has 0 atom stereocenters. The van der Waals surface area contributed by atoms with Crippen LogP contribution in [0.2, 0.25) is 5.15 Å². The fourth-order valence-electron chi connectivity index (χ4n) is 1.91. The molecular formula is C12H9ClN4S2. The number of rotatable bonds is 3. The molecule has 0 bridgehead atoms. The zero-order valence-electron chi connectivity index (χ0n) is 9.71. The average Bonchev–Trinajstić information content (AvgIpc) is 2.91. The third-order valence-corrected chi connectivity index (χ3v) is 3.91. The molecule has 0 saturated carbocycles. The summed E-state index contributed by atoms with van der Waals surface area (Å²) in [5.74, 6) is 0.778. The van der Waals surface area contributed by atoms with E-state index in [2.05, 4.69) is 9.97 Å². The van der Waals surface area contributed by atoms with Gasteiger partial charge in [0, 0.05) is 5.38 Å². The zero-order valence-corrected chi connectivity index (χ0v) is 12.1. The number of benzene rings is 1. The van der Waals surface area contributed by atoms with Gasteiger partial charge in [-0.05, 0) is 12.1 Å². The number of thiazole rings is 1. The van der Waals surface area contributed by atoms with Gasteiger partial charge in [-0.15, -0.1) is 11.3 Å². The molecule has 4 nitrogen and oxygen atoms in total. The normalized spacial score (nSPS) is 11.0. The molecule has 96 valence electrons. The van der Waals surface area contributed by atoms with Crippen LogP contribution in [0, 0.1) is 0 Å². The maximum Gasteiger partial charge on any atom is 0.196 e. The number of imidazole rings is 1. The van der Waals surface area contributed by atoms with Gasteiger partial charge < -0.3 is 5.73 Å². The van der Waals surface area contributed by atoms with Crippen LogP contribution in [-0.4, -0.2) is 19.5 Å². The lowest BCUT2D eigenvalue weighted by Gasteiger charge is -2.04. The van der Waals surface area contributed by atoms with Crippen molar-refractivity contribution in [3.8, 4) is 5.13 Å². The van der Waals surface area contributed by atoms with E-state index in [1.54, 1.807) is 5.38 Å². The van der Waals surface area contributed by atoms with Gasteiger partial charge in [-0.2, -0.15) is 0 Å². The van der Waals surface area contributed by atoms with E-state index in [9.17, 15) is 0 Å². The third-order valence-electron chi connectivity index (χ3n) is 2.62. The minimum absolute atomic E-state index is 0.402.